The molecule has 0 aromatic heterocycles. The maximum Gasteiger partial charge on any atom is 0.282 e. The van der Waals surface area contributed by atoms with Gasteiger partial charge in [-0.05, 0) is 13.8 Å². The van der Waals surface area contributed by atoms with Gasteiger partial charge in [-0.1, -0.05) is 0 Å². The van der Waals surface area contributed by atoms with Crippen LogP contribution in [0.5, 0.6) is 0 Å². The molecule has 20 heavy (non-hydrogen) atoms. The smallest absolute Gasteiger partial charge is 0.282 e. The molecule has 2 N–H and O–H groups in total. The number of hydrogen-bond donors (Lipinski definition) is 2. The molecule has 0 aromatic rings. The Hall–Kier alpha value is -0.250. The fourth-order valence-corrected chi connectivity index (χ4v) is 4.30. The summed E-state index contributed by atoms with van der Waals surface area (Å²) in [6, 6.07) is 0. The van der Waals surface area contributed by atoms with E-state index < -0.39 is 15.8 Å². The van der Waals surface area contributed by atoms with Gasteiger partial charge >= 0.3 is 0 Å². The highest BCUT2D eigenvalue weighted by atomic mass is 32.2. The molecule has 0 spiro atoms. The predicted octanol–water partition coefficient (Wildman–Crippen LogP) is -1.48. The minimum atomic E-state index is -3.31. The van der Waals surface area contributed by atoms with Crippen LogP contribution in [-0.4, -0.2) is 91.5 Å². The summed E-state index contributed by atoms with van der Waals surface area (Å²) in [7, 11) is -3.31. The molecule has 0 radical (unpaired) electrons. The lowest BCUT2D eigenvalue weighted by Crippen LogP contribution is -2.57. The molecule has 2 saturated heterocycles. The number of β-amino-alcohol motifs (C(OH)–C–C–N with tert-alkyl or cyclic N) is 1. The fourth-order valence-electron chi connectivity index (χ4n) is 2.70. The largest absolute Gasteiger partial charge is 0.389 e. The first-order valence-corrected chi connectivity index (χ1v) is 8.59. The molecule has 2 fully saturated rings. The van der Waals surface area contributed by atoms with Crippen molar-refractivity contribution in [1.82, 2.24) is 18.8 Å². The van der Waals surface area contributed by atoms with E-state index in [0.29, 0.717) is 45.8 Å². The summed E-state index contributed by atoms with van der Waals surface area (Å²) in [5.74, 6) is 0. The van der Waals surface area contributed by atoms with Gasteiger partial charge in [-0.15, -0.1) is 0 Å². The highest BCUT2D eigenvalue weighted by Crippen LogP contribution is 2.14. The van der Waals surface area contributed by atoms with Crippen LogP contribution in [-0.2, 0) is 10.2 Å². The Balaban J connectivity index is 1.89. The van der Waals surface area contributed by atoms with E-state index in [1.807, 2.05) is 0 Å². The maximum absolute atomic E-state index is 12.5. The molecule has 2 aliphatic rings. The van der Waals surface area contributed by atoms with Crippen molar-refractivity contribution in [2.45, 2.75) is 19.4 Å². The Bertz CT molecular complexity index is 407. The first kappa shape index (κ1) is 16.1. The van der Waals surface area contributed by atoms with Gasteiger partial charge in [0.25, 0.3) is 10.2 Å². The van der Waals surface area contributed by atoms with Crippen molar-refractivity contribution < 1.29 is 13.5 Å². The molecule has 2 aliphatic heterocycles. The van der Waals surface area contributed by atoms with Gasteiger partial charge in [0.1, 0.15) is 0 Å². The first-order chi connectivity index (χ1) is 9.29. The molecule has 8 heteroatoms. The summed E-state index contributed by atoms with van der Waals surface area (Å²) in [5.41, 5.74) is -0.737. The van der Waals surface area contributed by atoms with Crippen molar-refractivity contribution in [3.05, 3.63) is 0 Å². The first-order valence-electron chi connectivity index (χ1n) is 7.20. The zero-order chi connectivity index (χ0) is 14.8. The standard InChI is InChI=1S/C12H26N4O3S/c1-12(2,17)11-14-7-9-16(10-8-14)20(18,19)15-5-3-13-4-6-15/h13,17H,3-11H2,1-2H3. The topological polar surface area (TPSA) is 76.1 Å². The van der Waals surface area contributed by atoms with Gasteiger partial charge < -0.3 is 10.4 Å². The monoisotopic (exact) mass is 306 g/mol. The molecular formula is C12H26N4O3S. The lowest BCUT2D eigenvalue weighted by atomic mass is 10.1. The van der Waals surface area contributed by atoms with Gasteiger partial charge in [-0.2, -0.15) is 17.0 Å². The van der Waals surface area contributed by atoms with Crippen molar-refractivity contribution >= 4 is 10.2 Å². The number of piperazine rings is 2. The fraction of sp³-hybridized carbons (Fsp3) is 1.00. The van der Waals surface area contributed by atoms with Gasteiger partial charge in [-0.3, -0.25) is 4.90 Å². The van der Waals surface area contributed by atoms with E-state index in [-0.39, 0.29) is 0 Å². The van der Waals surface area contributed by atoms with Gasteiger partial charge in [0.15, 0.2) is 0 Å². The summed E-state index contributed by atoms with van der Waals surface area (Å²) in [6.45, 7) is 9.02. The minimum Gasteiger partial charge on any atom is -0.389 e. The third-order valence-corrected chi connectivity index (χ3v) is 5.71. The van der Waals surface area contributed by atoms with Crippen molar-refractivity contribution in [2.75, 3.05) is 58.9 Å². The van der Waals surface area contributed by atoms with Crippen molar-refractivity contribution in [2.24, 2.45) is 0 Å². The lowest BCUT2D eigenvalue weighted by Gasteiger charge is -2.39. The van der Waals surface area contributed by atoms with Crippen LogP contribution in [0.15, 0.2) is 0 Å². The third-order valence-electron chi connectivity index (χ3n) is 3.67. The second-order valence-electron chi connectivity index (χ2n) is 6.14. The van der Waals surface area contributed by atoms with Gasteiger partial charge in [0.05, 0.1) is 5.60 Å². The van der Waals surface area contributed by atoms with Gasteiger partial charge in [0.2, 0.25) is 0 Å². The van der Waals surface area contributed by atoms with Crippen molar-refractivity contribution in [3.8, 4) is 0 Å². The Morgan fingerprint density at radius 2 is 1.50 bits per heavy atom. The Labute approximate surface area is 121 Å². The van der Waals surface area contributed by atoms with Gasteiger partial charge in [-0.25, -0.2) is 0 Å². The summed E-state index contributed by atoms with van der Waals surface area (Å²) in [5, 5.41) is 13.0. The van der Waals surface area contributed by atoms with Crippen molar-refractivity contribution in [3.63, 3.8) is 0 Å². The van der Waals surface area contributed by atoms with Crippen LogP contribution in [0.25, 0.3) is 0 Å². The molecule has 2 heterocycles. The van der Waals surface area contributed by atoms with Crippen LogP contribution in [0, 0.1) is 0 Å². The Kier molecular flexibility index (Phi) is 5.04. The van der Waals surface area contributed by atoms with Crippen LogP contribution in [0.3, 0.4) is 0 Å². The quantitative estimate of drug-likeness (QED) is 0.663. The normalized spacial score (nSPS) is 24.9. The number of aliphatic hydroxyl groups is 1. The minimum absolute atomic E-state index is 0.502. The van der Waals surface area contributed by atoms with Crippen LogP contribution in [0.4, 0.5) is 0 Å². The molecule has 0 bridgehead atoms. The van der Waals surface area contributed by atoms with Crippen LogP contribution >= 0.6 is 0 Å². The molecule has 0 unspecified atom stereocenters. The van der Waals surface area contributed by atoms with E-state index in [2.05, 4.69) is 10.2 Å². The highest BCUT2D eigenvalue weighted by molar-refractivity contribution is 7.86. The Morgan fingerprint density at radius 1 is 1.00 bits per heavy atom. The van der Waals surface area contributed by atoms with E-state index >= 15 is 0 Å². The van der Waals surface area contributed by atoms with E-state index in [1.165, 1.54) is 0 Å². The molecular weight excluding hydrogens is 280 g/mol. The number of nitrogens with zero attached hydrogens (tertiary/aromatic N) is 3. The van der Waals surface area contributed by atoms with E-state index in [0.717, 1.165) is 13.1 Å². The highest BCUT2D eigenvalue weighted by Gasteiger charge is 2.33. The summed E-state index contributed by atoms with van der Waals surface area (Å²) < 4.78 is 28.1. The molecule has 118 valence electrons. The molecule has 2 rings (SSSR count). The number of nitrogens with one attached hydrogen (secondary N) is 1. The number of hydrogen-bond acceptors (Lipinski definition) is 5. The predicted molar refractivity (Wildman–Crippen MR) is 77.7 cm³/mol. The second kappa shape index (κ2) is 6.25. The van der Waals surface area contributed by atoms with E-state index in [1.54, 1.807) is 22.5 Å². The summed E-state index contributed by atoms with van der Waals surface area (Å²) in [4.78, 5) is 2.11. The summed E-state index contributed by atoms with van der Waals surface area (Å²) >= 11 is 0. The average Bonchev–Trinajstić information content (AvgIpc) is 2.38. The zero-order valence-electron chi connectivity index (χ0n) is 12.4. The zero-order valence-corrected chi connectivity index (χ0v) is 13.2. The molecule has 0 aromatic carbocycles. The SMILES string of the molecule is CC(C)(O)CN1CCN(S(=O)(=O)N2CCNCC2)CC1. The van der Waals surface area contributed by atoms with E-state index in [9.17, 15) is 13.5 Å². The van der Waals surface area contributed by atoms with Crippen LogP contribution in [0.2, 0.25) is 0 Å². The van der Waals surface area contributed by atoms with Crippen LogP contribution < -0.4 is 5.32 Å². The average molecular weight is 306 g/mol. The van der Waals surface area contributed by atoms with Crippen molar-refractivity contribution in [1.29, 1.82) is 0 Å². The second-order valence-corrected chi connectivity index (χ2v) is 8.07. The molecule has 0 saturated carbocycles. The molecule has 0 amide bonds. The lowest BCUT2D eigenvalue weighted by molar-refractivity contribution is 0.0258. The third kappa shape index (κ3) is 4.12. The maximum atomic E-state index is 12.5. The summed E-state index contributed by atoms with van der Waals surface area (Å²) in [6.07, 6.45) is 0. The molecule has 0 aliphatic carbocycles. The molecule has 7 nitrogen and oxygen atoms in total. The van der Waals surface area contributed by atoms with E-state index in [4.69, 9.17) is 0 Å². The van der Waals surface area contributed by atoms with Crippen LogP contribution in [0.1, 0.15) is 13.8 Å². The van der Waals surface area contributed by atoms with Gasteiger partial charge in [0, 0.05) is 58.9 Å². The molecule has 0 atom stereocenters. The Morgan fingerprint density at radius 3 is 2.00 bits per heavy atom. The number of rotatable bonds is 4.